The van der Waals surface area contributed by atoms with Gasteiger partial charge in [-0.2, -0.15) is 0 Å². The minimum Gasteiger partial charge on any atom is -0.381 e. The van der Waals surface area contributed by atoms with Crippen LogP contribution in [-0.2, 0) is 6.54 Å². The van der Waals surface area contributed by atoms with Crippen molar-refractivity contribution in [2.24, 2.45) is 0 Å². The first kappa shape index (κ1) is 16.5. The third-order valence-corrected chi connectivity index (χ3v) is 3.54. The molecule has 0 radical (unpaired) electrons. The topological polar surface area (TPSA) is 15.3 Å². The molecule has 1 N–H and O–H groups in total. The van der Waals surface area contributed by atoms with E-state index in [1.807, 2.05) is 6.07 Å². The van der Waals surface area contributed by atoms with Gasteiger partial charge in [-0.25, -0.2) is 0 Å². The predicted molar refractivity (Wildman–Crippen MR) is 89.6 cm³/mol. The molecule has 0 heterocycles. The van der Waals surface area contributed by atoms with Gasteiger partial charge in [0, 0.05) is 18.3 Å². The zero-order chi connectivity index (χ0) is 13.7. The molecule has 2 nitrogen and oxygen atoms in total. The second-order valence-electron chi connectivity index (χ2n) is 5.06. The number of rotatable bonds is 5. The molecule has 0 bridgehead atoms. The molecule has 0 aliphatic carbocycles. The number of hydrogen-bond acceptors (Lipinski definition) is 2. The molecule has 0 aromatic heterocycles. The fourth-order valence-electron chi connectivity index (χ4n) is 2.13. The molecule has 1 atom stereocenters. The summed E-state index contributed by atoms with van der Waals surface area (Å²) in [6.45, 7) is 3.10. The number of hydrogen-bond donors (Lipinski definition) is 1. The largest absolute Gasteiger partial charge is 0.381 e. The summed E-state index contributed by atoms with van der Waals surface area (Å²) in [6.07, 6.45) is 0. The van der Waals surface area contributed by atoms with E-state index in [1.165, 1.54) is 11.1 Å². The van der Waals surface area contributed by atoms with E-state index in [2.05, 4.69) is 79.8 Å². The molecule has 108 valence electrons. The molecule has 0 amide bonds. The van der Waals surface area contributed by atoms with E-state index in [0.29, 0.717) is 6.04 Å². The Balaban J connectivity index is 0.00000200. The van der Waals surface area contributed by atoms with Crippen molar-refractivity contribution < 1.29 is 0 Å². The van der Waals surface area contributed by atoms with Gasteiger partial charge in [-0.3, -0.25) is 0 Å². The van der Waals surface area contributed by atoms with Crippen LogP contribution in [0.1, 0.15) is 24.1 Å². The van der Waals surface area contributed by atoms with Gasteiger partial charge in [-0.15, -0.1) is 12.4 Å². The average Bonchev–Trinajstić information content (AvgIpc) is 2.45. The molecule has 0 saturated heterocycles. The summed E-state index contributed by atoms with van der Waals surface area (Å²) < 4.78 is 0. The second kappa shape index (κ2) is 7.93. The van der Waals surface area contributed by atoms with Crippen LogP contribution in [0, 0.1) is 0 Å². The van der Waals surface area contributed by atoms with Crippen molar-refractivity contribution in [3.05, 3.63) is 65.7 Å². The molecule has 3 heteroatoms. The molecule has 2 rings (SSSR count). The van der Waals surface area contributed by atoms with Crippen molar-refractivity contribution in [2.45, 2.75) is 19.5 Å². The molecule has 0 saturated carbocycles. The van der Waals surface area contributed by atoms with Gasteiger partial charge in [0.25, 0.3) is 0 Å². The fraction of sp³-hybridized carbons (Fsp3) is 0.294. The van der Waals surface area contributed by atoms with E-state index in [9.17, 15) is 0 Å². The lowest BCUT2D eigenvalue weighted by molar-refractivity contribution is 0.320. The van der Waals surface area contributed by atoms with Crippen LogP contribution < -0.4 is 5.32 Å². The smallest absolute Gasteiger partial charge is 0.0404 e. The molecular formula is C17H23ClN2. The summed E-state index contributed by atoms with van der Waals surface area (Å²) in [4.78, 5) is 2.24. The minimum atomic E-state index is 0. The highest BCUT2D eigenvalue weighted by Crippen LogP contribution is 2.22. The molecule has 0 aliphatic rings. The summed E-state index contributed by atoms with van der Waals surface area (Å²) >= 11 is 0. The van der Waals surface area contributed by atoms with Gasteiger partial charge in [0.05, 0.1) is 0 Å². The van der Waals surface area contributed by atoms with Crippen LogP contribution in [0.25, 0.3) is 0 Å². The lowest BCUT2D eigenvalue weighted by atomic mass is 10.0. The lowest BCUT2D eigenvalue weighted by Gasteiger charge is -2.23. The number of para-hydroxylation sites is 1. The van der Waals surface area contributed by atoms with Crippen LogP contribution in [0.15, 0.2) is 54.6 Å². The Kier molecular flexibility index (Phi) is 6.56. The maximum atomic E-state index is 3.48. The maximum absolute atomic E-state index is 3.48. The predicted octanol–water partition coefficient (Wildman–Crippen LogP) is 4.34. The van der Waals surface area contributed by atoms with Crippen LogP contribution in [0.2, 0.25) is 0 Å². The fourth-order valence-corrected chi connectivity index (χ4v) is 2.13. The van der Waals surface area contributed by atoms with Crippen LogP contribution >= 0.6 is 12.4 Å². The number of nitrogens with zero attached hydrogens (tertiary/aromatic N) is 1. The quantitative estimate of drug-likeness (QED) is 0.881. The van der Waals surface area contributed by atoms with Crippen molar-refractivity contribution in [2.75, 3.05) is 19.4 Å². The zero-order valence-electron chi connectivity index (χ0n) is 12.3. The first-order valence-electron chi connectivity index (χ1n) is 6.71. The molecule has 1 unspecified atom stereocenters. The first-order valence-corrected chi connectivity index (χ1v) is 6.71. The minimum absolute atomic E-state index is 0. The Morgan fingerprint density at radius 3 is 2.20 bits per heavy atom. The Morgan fingerprint density at radius 2 is 1.55 bits per heavy atom. The van der Waals surface area contributed by atoms with E-state index in [1.54, 1.807) is 0 Å². The average molecular weight is 291 g/mol. The van der Waals surface area contributed by atoms with Gasteiger partial charge in [0.2, 0.25) is 0 Å². The summed E-state index contributed by atoms with van der Waals surface area (Å²) in [5.41, 5.74) is 3.90. The number of halogens is 1. The highest BCUT2D eigenvalue weighted by atomic mass is 35.5. The second-order valence-corrected chi connectivity index (χ2v) is 5.06. The number of anilines is 1. The summed E-state index contributed by atoms with van der Waals surface area (Å²) in [5, 5.41) is 3.48. The van der Waals surface area contributed by atoms with Crippen LogP contribution in [0.4, 0.5) is 5.69 Å². The standard InChI is InChI=1S/C17H22N2.ClH/c1-14(19(2)3)17-12-8-7-9-15(17)13-18-16-10-5-4-6-11-16;/h4-12,14,18H,13H2,1-3H3;1H. The Bertz CT molecular complexity index is 511. The summed E-state index contributed by atoms with van der Waals surface area (Å²) in [5.74, 6) is 0. The Labute approximate surface area is 128 Å². The van der Waals surface area contributed by atoms with E-state index < -0.39 is 0 Å². The third-order valence-electron chi connectivity index (χ3n) is 3.54. The third kappa shape index (κ3) is 4.26. The van der Waals surface area contributed by atoms with Crippen LogP contribution in [0.3, 0.4) is 0 Å². The summed E-state index contributed by atoms with van der Waals surface area (Å²) in [6, 6.07) is 19.4. The molecule has 0 fully saturated rings. The van der Waals surface area contributed by atoms with Gasteiger partial charge < -0.3 is 10.2 Å². The normalized spacial score (nSPS) is 11.8. The molecule has 20 heavy (non-hydrogen) atoms. The molecular weight excluding hydrogens is 268 g/mol. The Morgan fingerprint density at radius 1 is 0.950 bits per heavy atom. The van der Waals surface area contributed by atoms with Crippen LogP contribution in [-0.4, -0.2) is 19.0 Å². The Hall–Kier alpha value is -1.51. The van der Waals surface area contributed by atoms with Gasteiger partial charge in [0.15, 0.2) is 0 Å². The van der Waals surface area contributed by atoms with Crippen molar-refractivity contribution >= 4 is 18.1 Å². The molecule has 2 aromatic carbocycles. The van der Waals surface area contributed by atoms with Gasteiger partial charge in [-0.1, -0.05) is 42.5 Å². The van der Waals surface area contributed by atoms with E-state index in [4.69, 9.17) is 0 Å². The summed E-state index contributed by atoms with van der Waals surface area (Å²) in [7, 11) is 4.23. The van der Waals surface area contributed by atoms with Gasteiger partial charge >= 0.3 is 0 Å². The van der Waals surface area contributed by atoms with Gasteiger partial charge in [0.1, 0.15) is 0 Å². The van der Waals surface area contributed by atoms with Crippen molar-refractivity contribution in [1.82, 2.24) is 4.90 Å². The maximum Gasteiger partial charge on any atom is 0.0404 e. The van der Waals surface area contributed by atoms with E-state index in [-0.39, 0.29) is 12.4 Å². The monoisotopic (exact) mass is 290 g/mol. The zero-order valence-corrected chi connectivity index (χ0v) is 13.2. The highest BCUT2D eigenvalue weighted by Gasteiger charge is 2.11. The number of nitrogens with one attached hydrogen (secondary N) is 1. The van der Waals surface area contributed by atoms with Crippen molar-refractivity contribution in [3.8, 4) is 0 Å². The highest BCUT2D eigenvalue weighted by molar-refractivity contribution is 5.85. The van der Waals surface area contributed by atoms with E-state index >= 15 is 0 Å². The lowest BCUT2D eigenvalue weighted by Crippen LogP contribution is -2.18. The van der Waals surface area contributed by atoms with Crippen molar-refractivity contribution in [1.29, 1.82) is 0 Å². The molecule has 0 spiro atoms. The number of benzene rings is 2. The molecule has 2 aromatic rings. The van der Waals surface area contributed by atoms with Crippen LogP contribution in [0.5, 0.6) is 0 Å². The first-order chi connectivity index (χ1) is 9.18. The van der Waals surface area contributed by atoms with E-state index in [0.717, 1.165) is 12.2 Å². The van der Waals surface area contributed by atoms with Gasteiger partial charge in [-0.05, 0) is 44.3 Å². The molecule has 0 aliphatic heterocycles. The van der Waals surface area contributed by atoms with Crippen molar-refractivity contribution in [3.63, 3.8) is 0 Å². The SMILES string of the molecule is CC(c1ccccc1CNc1ccccc1)N(C)C.Cl.